The molecule has 0 aliphatic rings. The molecule has 0 radical (unpaired) electrons. The van der Waals surface area contributed by atoms with Gasteiger partial charge in [-0.25, -0.2) is 19.9 Å². The first-order chi connectivity index (χ1) is 27.7. The summed E-state index contributed by atoms with van der Waals surface area (Å²) in [6.45, 7) is 0. The summed E-state index contributed by atoms with van der Waals surface area (Å²) in [4.78, 5) is 24.9. The van der Waals surface area contributed by atoms with Crippen molar-refractivity contribution in [1.82, 2.24) is 24.9 Å². The maximum atomic E-state index is 5.14. The highest BCUT2D eigenvalue weighted by atomic mass is 14.8. The molecule has 0 saturated heterocycles. The minimum absolute atomic E-state index is 0.904. The van der Waals surface area contributed by atoms with Crippen LogP contribution in [0.3, 0.4) is 0 Å². The standard InChI is InChI=1S/C51H31N5/c1-2-6-32(7-3-1)44-23-17-36-15-16-37-18-24-45(56-51(37)50(36)55-44)34-13-11-33(12-14-34)43-27-21-40-30-38(19-25-46(40)53-43)39-20-26-47-41(31-39)22-28-48(54-47)42-10-4-8-35-9-5-29-52-49(35)42/h1-31H. The topological polar surface area (TPSA) is 64.5 Å². The van der Waals surface area contributed by atoms with E-state index >= 15 is 0 Å². The summed E-state index contributed by atoms with van der Waals surface area (Å²) in [5, 5.41) is 5.44. The third kappa shape index (κ3) is 5.62. The van der Waals surface area contributed by atoms with E-state index in [4.69, 9.17) is 19.9 Å². The Bertz CT molecular complexity index is 3300. The molecule has 0 aliphatic carbocycles. The first kappa shape index (κ1) is 31.9. The van der Waals surface area contributed by atoms with Crippen LogP contribution in [0.15, 0.2) is 188 Å². The Morgan fingerprint density at radius 3 is 1.36 bits per heavy atom. The van der Waals surface area contributed by atoms with Crippen LogP contribution in [0.5, 0.6) is 0 Å². The van der Waals surface area contributed by atoms with Crippen LogP contribution in [0.2, 0.25) is 0 Å². The maximum absolute atomic E-state index is 5.14. The molecule has 11 rings (SSSR count). The fourth-order valence-corrected chi connectivity index (χ4v) is 7.74. The number of hydrogen-bond donors (Lipinski definition) is 0. The van der Waals surface area contributed by atoms with Crippen LogP contribution in [0, 0.1) is 0 Å². The van der Waals surface area contributed by atoms with Gasteiger partial charge in [0.2, 0.25) is 0 Å². The van der Waals surface area contributed by atoms with Gasteiger partial charge in [-0.15, -0.1) is 0 Å². The molecule has 0 amide bonds. The predicted molar refractivity (Wildman–Crippen MR) is 230 cm³/mol. The number of aromatic nitrogens is 5. The lowest BCUT2D eigenvalue weighted by Gasteiger charge is -2.10. The quantitative estimate of drug-likeness (QED) is 0.166. The van der Waals surface area contributed by atoms with Gasteiger partial charge in [0.15, 0.2) is 0 Å². The largest absolute Gasteiger partial charge is 0.256 e. The van der Waals surface area contributed by atoms with E-state index in [-0.39, 0.29) is 0 Å². The predicted octanol–water partition coefficient (Wildman–Crippen LogP) is 12.8. The van der Waals surface area contributed by atoms with Gasteiger partial charge in [0.25, 0.3) is 0 Å². The highest BCUT2D eigenvalue weighted by Crippen LogP contribution is 2.33. The van der Waals surface area contributed by atoms with E-state index in [1.807, 2.05) is 30.5 Å². The van der Waals surface area contributed by atoms with Crippen molar-refractivity contribution >= 4 is 54.5 Å². The molecule has 0 aliphatic heterocycles. The van der Waals surface area contributed by atoms with Gasteiger partial charge >= 0.3 is 0 Å². The SMILES string of the molecule is c1ccc(-c2ccc3ccc4ccc(-c5ccc(-c6ccc7cc(-c8ccc9nc(-c%10cccc%11cccnc%10%11)ccc9c8)ccc7n6)cc5)nc4c3n2)cc1. The van der Waals surface area contributed by atoms with E-state index in [9.17, 15) is 0 Å². The second-order valence-electron chi connectivity index (χ2n) is 14.1. The van der Waals surface area contributed by atoms with Crippen molar-refractivity contribution in [3.05, 3.63) is 188 Å². The highest BCUT2D eigenvalue weighted by molar-refractivity contribution is 6.04. The van der Waals surface area contributed by atoms with Gasteiger partial charge in [-0.1, -0.05) is 127 Å². The normalized spacial score (nSPS) is 11.6. The molecule has 6 aromatic carbocycles. The zero-order chi connectivity index (χ0) is 37.0. The van der Waals surface area contributed by atoms with E-state index in [2.05, 4.69) is 163 Å². The van der Waals surface area contributed by atoms with Crippen LogP contribution in [0.25, 0.3) is 111 Å². The van der Waals surface area contributed by atoms with E-state index < -0.39 is 0 Å². The summed E-state index contributed by atoms with van der Waals surface area (Å²) in [7, 11) is 0. The average molecular weight is 714 g/mol. The van der Waals surface area contributed by atoms with Gasteiger partial charge in [-0.2, -0.15) is 0 Å². The number of pyridine rings is 5. The van der Waals surface area contributed by atoms with Crippen LogP contribution in [-0.4, -0.2) is 24.9 Å². The van der Waals surface area contributed by atoms with Crippen molar-refractivity contribution in [3.63, 3.8) is 0 Å². The Morgan fingerprint density at radius 2 is 0.732 bits per heavy atom. The van der Waals surface area contributed by atoms with E-state index in [0.29, 0.717) is 0 Å². The number of para-hydroxylation sites is 1. The van der Waals surface area contributed by atoms with Gasteiger partial charge in [0, 0.05) is 55.4 Å². The second-order valence-corrected chi connectivity index (χ2v) is 14.1. The molecule has 5 heterocycles. The molecule has 0 bridgehead atoms. The van der Waals surface area contributed by atoms with Crippen LogP contribution < -0.4 is 0 Å². The summed E-state index contributed by atoms with van der Waals surface area (Å²) in [5.74, 6) is 0. The van der Waals surface area contributed by atoms with Crippen LogP contribution in [-0.2, 0) is 0 Å². The molecule has 0 fully saturated rings. The molecule has 260 valence electrons. The van der Waals surface area contributed by atoms with E-state index in [0.717, 1.165) is 111 Å². The molecular formula is C51H31N5. The van der Waals surface area contributed by atoms with E-state index in [1.165, 1.54) is 0 Å². The Morgan fingerprint density at radius 1 is 0.268 bits per heavy atom. The lowest BCUT2D eigenvalue weighted by atomic mass is 10.00. The molecular weight excluding hydrogens is 683 g/mol. The lowest BCUT2D eigenvalue weighted by Crippen LogP contribution is -1.91. The third-order valence-corrected chi connectivity index (χ3v) is 10.7. The Labute approximate surface area is 322 Å². The monoisotopic (exact) mass is 713 g/mol. The van der Waals surface area contributed by atoms with Crippen LogP contribution >= 0.6 is 0 Å². The van der Waals surface area contributed by atoms with Gasteiger partial charge in [-0.3, -0.25) is 4.98 Å². The molecule has 0 N–H and O–H groups in total. The molecule has 0 saturated carbocycles. The van der Waals surface area contributed by atoms with Crippen LogP contribution in [0.4, 0.5) is 0 Å². The minimum atomic E-state index is 0.904. The molecule has 11 aromatic rings. The van der Waals surface area contributed by atoms with Crippen LogP contribution in [0.1, 0.15) is 0 Å². The molecule has 0 atom stereocenters. The van der Waals surface area contributed by atoms with Crippen molar-refractivity contribution in [2.24, 2.45) is 0 Å². The second kappa shape index (κ2) is 13.0. The fourth-order valence-electron chi connectivity index (χ4n) is 7.74. The number of hydrogen-bond acceptors (Lipinski definition) is 5. The Hall–Kier alpha value is -7.63. The fraction of sp³-hybridized carbons (Fsp3) is 0. The Kier molecular flexibility index (Phi) is 7.42. The highest BCUT2D eigenvalue weighted by Gasteiger charge is 2.12. The zero-order valence-electron chi connectivity index (χ0n) is 30.1. The Balaban J connectivity index is 0.864. The van der Waals surface area contributed by atoms with Gasteiger partial charge < -0.3 is 0 Å². The van der Waals surface area contributed by atoms with Crippen molar-refractivity contribution < 1.29 is 0 Å². The van der Waals surface area contributed by atoms with Gasteiger partial charge in [0.1, 0.15) is 0 Å². The molecule has 5 aromatic heterocycles. The summed E-state index contributed by atoms with van der Waals surface area (Å²) in [6, 6.07) is 63.2. The molecule has 0 unspecified atom stereocenters. The first-order valence-corrected chi connectivity index (χ1v) is 18.7. The zero-order valence-corrected chi connectivity index (χ0v) is 30.1. The molecule has 0 spiro atoms. The van der Waals surface area contributed by atoms with Crippen molar-refractivity contribution in [2.75, 3.05) is 0 Å². The van der Waals surface area contributed by atoms with Gasteiger partial charge in [0.05, 0.1) is 50.4 Å². The number of benzene rings is 6. The minimum Gasteiger partial charge on any atom is -0.256 e. The first-order valence-electron chi connectivity index (χ1n) is 18.7. The van der Waals surface area contributed by atoms with Crippen molar-refractivity contribution in [3.8, 4) is 56.2 Å². The van der Waals surface area contributed by atoms with Crippen molar-refractivity contribution in [1.29, 1.82) is 0 Å². The summed E-state index contributed by atoms with van der Waals surface area (Å²) < 4.78 is 0. The van der Waals surface area contributed by atoms with Crippen molar-refractivity contribution in [2.45, 2.75) is 0 Å². The molecule has 56 heavy (non-hydrogen) atoms. The summed E-state index contributed by atoms with van der Waals surface area (Å²) in [6.07, 6.45) is 1.84. The number of fused-ring (bicyclic) bond motifs is 6. The summed E-state index contributed by atoms with van der Waals surface area (Å²) in [5.41, 5.74) is 14.9. The average Bonchev–Trinajstić information content (AvgIpc) is 3.28. The molecule has 5 nitrogen and oxygen atoms in total. The lowest BCUT2D eigenvalue weighted by molar-refractivity contribution is 1.36. The summed E-state index contributed by atoms with van der Waals surface area (Å²) >= 11 is 0. The third-order valence-electron chi connectivity index (χ3n) is 10.7. The molecule has 5 heteroatoms. The van der Waals surface area contributed by atoms with Gasteiger partial charge in [-0.05, 0) is 65.7 Å². The smallest absolute Gasteiger partial charge is 0.0972 e. The van der Waals surface area contributed by atoms with E-state index in [1.54, 1.807) is 0 Å². The number of nitrogens with zero attached hydrogens (tertiary/aromatic N) is 5. The number of rotatable bonds is 5. The maximum Gasteiger partial charge on any atom is 0.0972 e.